The average Bonchev–Trinajstić information content (AvgIpc) is 3.31. The Morgan fingerprint density at radius 1 is 1.10 bits per heavy atom. The Morgan fingerprint density at radius 2 is 1.79 bits per heavy atom. The van der Waals surface area contributed by atoms with Crippen LogP contribution in [0.2, 0.25) is 0 Å². The fourth-order valence-electron chi connectivity index (χ4n) is 3.48. The van der Waals surface area contributed by atoms with Gasteiger partial charge in [0.25, 0.3) is 11.8 Å². The summed E-state index contributed by atoms with van der Waals surface area (Å²) in [6.45, 7) is -0.538. The third-order valence-corrected chi connectivity index (χ3v) is 4.84. The second-order valence-corrected chi connectivity index (χ2v) is 7.00. The Hall–Kier alpha value is -3.29. The lowest BCUT2D eigenvalue weighted by Crippen LogP contribution is -2.37. The molecule has 1 aliphatic heterocycles. The molecule has 1 saturated heterocycles. The molecule has 0 saturated carbocycles. The number of nitrogens with zero attached hydrogens (tertiary/aromatic N) is 4. The maximum absolute atomic E-state index is 14.2. The van der Waals surface area contributed by atoms with E-state index in [2.05, 4.69) is 10.2 Å². The van der Waals surface area contributed by atoms with Gasteiger partial charge in [0.05, 0.1) is 19.1 Å². The van der Waals surface area contributed by atoms with Gasteiger partial charge >= 0.3 is 0 Å². The molecule has 0 radical (unpaired) electrons. The predicted molar refractivity (Wildman–Crippen MR) is 102 cm³/mol. The van der Waals surface area contributed by atoms with Crippen LogP contribution in [0.5, 0.6) is 5.75 Å². The summed E-state index contributed by atoms with van der Waals surface area (Å²) < 4.78 is 35.6. The van der Waals surface area contributed by atoms with E-state index in [0.29, 0.717) is 18.1 Å². The van der Waals surface area contributed by atoms with Crippen molar-refractivity contribution >= 4 is 5.91 Å². The van der Waals surface area contributed by atoms with Gasteiger partial charge in [0.2, 0.25) is 0 Å². The first kappa shape index (κ1) is 19.0. The highest BCUT2D eigenvalue weighted by Gasteiger charge is 2.49. The Bertz CT molecular complexity index is 963. The van der Waals surface area contributed by atoms with E-state index in [1.165, 1.54) is 6.33 Å². The summed E-state index contributed by atoms with van der Waals surface area (Å²) in [5.74, 6) is -2.64. The second kappa shape index (κ2) is 7.98. The van der Waals surface area contributed by atoms with Gasteiger partial charge in [-0.2, -0.15) is 0 Å². The molecule has 29 heavy (non-hydrogen) atoms. The van der Waals surface area contributed by atoms with Crippen LogP contribution in [0.3, 0.4) is 0 Å². The first-order valence-electron chi connectivity index (χ1n) is 9.29. The minimum Gasteiger partial charge on any atom is -0.484 e. The smallest absolute Gasteiger partial charge is 0.267 e. The lowest BCUT2D eigenvalue weighted by atomic mass is 10.1. The van der Waals surface area contributed by atoms with Crippen LogP contribution in [0.25, 0.3) is 0 Å². The molecule has 0 aliphatic carbocycles. The minimum atomic E-state index is -2.99. The third-order valence-electron chi connectivity index (χ3n) is 4.84. The largest absolute Gasteiger partial charge is 0.484 e. The summed E-state index contributed by atoms with van der Waals surface area (Å²) in [5.41, 5.74) is 0.989. The van der Waals surface area contributed by atoms with E-state index in [1.807, 2.05) is 36.4 Å². The van der Waals surface area contributed by atoms with Crippen LogP contribution in [0, 0.1) is 0 Å². The highest BCUT2D eigenvalue weighted by molar-refractivity contribution is 5.78. The molecule has 2 heterocycles. The normalized spacial score (nSPS) is 18.0. The highest BCUT2D eigenvalue weighted by atomic mass is 19.3. The van der Waals surface area contributed by atoms with Gasteiger partial charge < -0.3 is 14.2 Å². The Balaban J connectivity index is 1.52. The molecule has 1 aliphatic rings. The maximum Gasteiger partial charge on any atom is 0.267 e. The molecule has 0 N–H and O–H groups in total. The molecule has 1 fully saturated rings. The summed E-state index contributed by atoms with van der Waals surface area (Å²) >= 11 is 0. The van der Waals surface area contributed by atoms with Gasteiger partial charge in [-0.25, -0.2) is 8.78 Å². The lowest BCUT2D eigenvalue weighted by Gasteiger charge is -2.23. The van der Waals surface area contributed by atoms with Crippen LogP contribution in [-0.2, 0) is 11.3 Å². The van der Waals surface area contributed by atoms with E-state index < -0.39 is 30.8 Å². The van der Waals surface area contributed by atoms with Crippen LogP contribution < -0.4 is 4.74 Å². The Kier molecular flexibility index (Phi) is 5.24. The first-order chi connectivity index (χ1) is 14.0. The van der Waals surface area contributed by atoms with Gasteiger partial charge in [-0.1, -0.05) is 48.5 Å². The van der Waals surface area contributed by atoms with Crippen molar-refractivity contribution in [3.8, 4) is 5.75 Å². The van der Waals surface area contributed by atoms with E-state index in [4.69, 9.17) is 4.74 Å². The average molecular weight is 398 g/mol. The maximum atomic E-state index is 14.2. The number of hydrogen-bond acceptors (Lipinski definition) is 4. The zero-order valence-corrected chi connectivity index (χ0v) is 15.6. The minimum absolute atomic E-state index is 0.316. The van der Waals surface area contributed by atoms with E-state index in [1.54, 1.807) is 28.8 Å². The number of alkyl halides is 2. The zero-order chi connectivity index (χ0) is 20.3. The number of carbonyl (C=O) groups is 1. The Labute approximate surface area is 166 Å². The number of para-hydroxylation sites is 1. The highest BCUT2D eigenvalue weighted by Crippen LogP contribution is 2.40. The number of hydrogen-bond donors (Lipinski definition) is 0. The van der Waals surface area contributed by atoms with Crippen molar-refractivity contribution in [2.75, 3.05) is 13.2 Å². The number of ether oxygens (including phenoxy) is 1. The van der Waals surface area contributed by atoms with Gasteiger partial charge in [0.1, 0.15) is 12.1 Å². The number of carbonyl (C=O) groups excluding carboxylic acids is 1. The van der Waals surface area contributed by atoms with Gasteiger partial charge in [-0.05, 0) is 17.7 Å². The lowest BCUT2D eigenvalue weighted by molar-refractivity contribution is -0.135. The molecule has 6 nitrogen and oxygen atoms in total. The number of amides is 1. The molecule has 3 aromatic rings. The quantitative estimate of drug-likeness (QED) is 0.639. The fourth-order valence-corrected chi connectivity index (χ4v) is 3.48. The van der Waals surface area contributed by atoms with Crippen molar-refractivity contribution in [3.63, 3.8) is 0 Å². The van der Waals surface area contributed by atoms with Gasteiger partial charge in [0, 0.05) is 6.42 Å². The number of likely N-dealkylation sites (tertiary alicyclic amines) is 1. The third kappa shape index (κ3) is 4.42. The van der Waals surface area contributed by atoms with E-state index in [-0.39, 0.29) is 6.61 Å². The van der Waals surface area contributed by atoms with Crippen LogP contribution in [0.4, 0.5) is 8.78 Å². The van der Waals surface area contributed by atoms with E-state index >= 15 is 0 Å². The number of benzene rings is 2. The van der Waals surface area contributed by atoms with Crippen LogP contribution in [-0.4, -0.2) is 44.6 Å². The van der Waals surface area contributed by atoms with E-state index in [0.717, 1.165) is 10.5 Å². The number of aromatic nitrogens is 3. The molecular formula is C21H20F2N4O2. The monoisotopic (exact) mass is 398 g/mol. The van der Waals surface area contributed by atoms with E-state index in [9.17, 15) is 13.6 Å². The van der Waals surface area contributed by atoms with Gasteiger partial charge in [-0.3, -0.25) is 4.79 Å². The molecule has 0 bridgehead atoms. The molecule has 0 spiro atoms. The Morgan fingerprint density at radius 3 is 2.52 bits per heavy atom. The standard InChI is InChI=1S/C21H20F2N4O2/c22-21(23)11-18(20-25-24-15-26(20)12-16-7-3-1-4-8-16)27(14-21)19(28)13-29-17-9-5-2-6-10-17/h1-10,15,18H,11-14H2/t18-/m0/s1. The zero-order valence-electron chi connectivity index (χ0n) is 15.6. The van der Waals surface area contributed by atoms with Crippen molar-refractivity contribution < 1.29 is 18.3 Å². The summed E-state index contributed by atoms with van der Waals surface area (Å²) in [5, 5.41) is 7.95. The molecule has 2 aromatic carbocycles. The van der Waals surface area contributed by atoms with Crippen LogP contribution >= 0.6 is 0 Å². The molecule has 1 amide bonds. The number of rotatable bonds is 6. The van der Waals surface area contributed by atoms with Crippen molar-refractivity contribution in [1.29, 1.82) is 0 Å². The fraction of sp³-hybridized carbons (Fsp3) is 0.286. The number of halogens is 2. The molecule has 1 atom stereocenters. The second-order valence-electron chi connectivity index (χ2n) is 7.00. The SMILES string of the molecule is O=C(COc1ccccc1)N1CC(F)(F)C[C@H]1c1nncn1Cc1ccccc1. The molecule has 150 valence electrons. The van der Waals surface area contributed by atoms with Crippen LogP contribution in [0.1, 0.15) is 23.9 Å². The van der Waals surface area contributed by atoms with Crippen molar-refractivity contribution in [1.82, 2.24) is 19.7 Å². The van der Waals surface area contributed by atoms with Crippen molar-refractivity contribution in [2.45, 2.75) is 24.9 Å². The summed E-state index contributed by atoms with van der Waals surface area (Å²) in [6.07, 6.45) is 1.01. The molecule has 1 aromatic heterocycles. The molecular weight excluding hydrogens is 378 g/mol. The predicted octanol–water partition coefficient (Wildman–Crippen LogP) is 3.31. The van der Waals surface area contributed by atoms with Crippen molar-refractivity contribution in [3.05, 3.63) is 78.4 Å². The van der Waals surface area contributed by atoms with Gasteiger partial charge in [-0.15, -0.1) is 10.2 Å². The summed E-state index contributed by atoms with van der Waals surface area (Å²) in [4.78, 5) is 13.8. The topological polar surface area (TPSA) is 60.2 Å². The molecule has 0 unspecified atom stereocenters. The van der Waals surface area contributed by atoms with Crippen molar-refractivity contribution in [2.24, 2.45) is 0 Å². The van der Waals surface area contributed by atoms with Gasteiger partial charge in [0.15, 0.2) is 12.4 Å². The molecule has 4 rings (SSSR count). The van der Waals surface area contributed by atoms with Crippen LogP contribution in [0.15, 0.2) is 67.0 Å². The summed E-state index contributed by atoms with van der Waals surface area (Å²) in [7, 11) is 0. The first-order valence-corrected chi connectivity index (χ1v) is 9.29. The molecule has 8 heteroatoms. The summed E-state index contributed by atoms with van der Waals surface area (Å²) in [6, 6.07) is 17.5.